The summed E-state index contributed by atoms with van der Waals surface area (Å²) < 4.78 is 31.0. The average Bonchev–Trinajstić information content (AvgIpc) is 2.46. The van der Waals surface area contributed by atoms with E-state index in [-0.39, 0.29) is 11.8 Å². The number of methoxy groups -OCH3 is 1. The Morgan fingerprint density at radius 3 is 3.00 bits per heavy atom. The Labute approximate surface area is 98.0 Å². The maximum atomic E-state index is 11.7. The lowest BCUT2D eigenvalue weighted by molar-refractivity contribution is 0.199. The van der Waals surface area contributed by atoms with Gasteiger partial charge in [-0.15, -0.1) is 0 Å². The fourth-order valence-electron chi connectivity index (χ4n) is 1.83. The van der Waals surface area contributed by atoms with Gasteiger partial charge in [0.05, 0.1) is 5.75 Å². The van der Waals surface area contributed by atoms with Crippen molar-refractivity contribution in [1.82, 2.24) is 10.0 Å². The fraction of sp³-hybridized carbons (Fsp3) is 1.00. The summed E-state index contributed by atoms with van der Waals surface area (Å²) in [5.41, 5.74) is 0. The molecule has 1 fully saturated rings. The molecule has 0 aromatic heterocycles. The monoisotopic (exact) mass is 250 g/mol. The number of ether oxygens (including phenoxy) is 1. The average molecular weight is 250 g/mol. The fourth-order valence-corrected chi connectivity index (χ4v) is 3.15. The second-order valence-corrected chi connectivity index (χ2v) is 6.05. The van der Waals surface area contributed by atoms with E-state index in [1.807, 2.05) is 0 Å². The van der Waals surface area contributed by atoms with Crippen LogP contribution in [0.2, 0.25) is 0 Å². The quantitative estimate of drug-likeness (QED) is 0.655. The van der Waals surface area contributed by atoms with Crippen LogP contribution in [0.1, 0.15) is 25.7 Å². The highest BCUT2D eigenvalue weighted by Gasteiger charge is 2.18. The van der Waals surface area contributed by atoms with Crippen molar-refractivity contribution in [1.29, 1.82) is 0 Å². The zero-order valence-corrected chi connectivity index (χ0v) is 10.7. The maximum absolute atomic E-state index is 11.7. The lowest BCUT2D eigenvalue weighted by Crippen LogP contribution is -2.41. The van der Waals surface area contributed by atoms with Crippen molar-refractivity contribution in [3.63, 3.8) is 0 Å². The minimum absolute atomic E-state index is 0.0510. The molecule has 1 rings (SSSR count). The molecule has 0 radical (unpaired) electrons. The van der Waals surface area contributed by atoms with E-state index in [1.165, 1.54) is 0 Å². The minimum Gasteiger partial charge on any atom is -0.385 e. The standard InChI is InChI=1S/C10H22N2O3S/c1-15-7-4-8-16(13,14)12-10-5-2-3-6-11-9-10/h10-12H,2-9H2,1H3. The third kappa shape index (κ3) is 5.79. The van der Waals surface area contributed by atoms with Gasteiger partial charge in [0.25, 0.3) is 0 Å². The largest absolute Gasteiger partial charge is 0.385 e. The first-order valence-electron chi connectivity index (χ1n) is 5.84. The lowest BCUT2D eigenvalue weighted by atomic mass is 10.2. The second kappa shape index (κ2) is 7.21. The Bertz CT molecular complexity index is 272. The summed E-state index contributed by atoms with van der Waals surface area (Å²) in [4.78, 5) is 0. The molecule has 0 amide bonds. The first-order valence-corrected chi connectivity index (χ1v) is 7.49. The predicted octanol–water partition coefficient (Wildman–Crippen LogP) is 0.0844. The number of nitrogens with one attached hydrogen (secondary N) is 2. The van der Waals surface area contributed by atoms with Gasteiger partial charge in [0.15, 0.2) is 0 Å². The van der Waals surface area contributed by atoms with Crippen LogP contribution in [-0.4, -0.2) is 47.0 Å². The van der Waals surface area contributed by atoms with Crippen molar-refractivity contribution < 1.29 is 13.2 Å². The Morgan fingerprint density at radius 1 is 1.44 bits per heavy atom. The van der Waals surface area contributed by atoms with Gasteiger partial charge in [-0.1, -0.05) is 6.42 Å². The van der Waals surface area contributed by atoms with E-state index in [1.54, 1.807) is 7.11 Å². The molecule has 96 valence electrons. The summed E-state index contributed by atoms with van der Waals surface area (Å²) in [5, 5.41) is 3.24. The van der Waals surface area contributed by atoms with Crippen molar-refractivity contribution in [3.05, 3.63) is 0 Å². The number of rotatable bonds is 6. The molecule has 1 atom stereocenters. The van der Waals surface area contributed by atoms with E-state index in [9.17, 15) is 8.42 Å². The molecule has 2 N–H and O–H groups in total. The molecule has 1 saturated heterocycles. The molecular formula is C10H22N2O3S. The third-order valence-corrected chi connectivity index (χ3v) is 4.17. The SMILES string of the molecule is COCCCS(=O)(=O)NC1CCCCNC1. The Kier molecular flexibility index (Phi) is 6.26. The first kappa shape index (κ1) is 13.9. The molecule has 1 heterocycles. The molecule has 0 saturated carbocycles. The number of hydrogen-bond donors (Lipinski definition) is 2. The van der Waals surface area contributed by atoms with E-state index >= 15 is 0 Å². The van der Waals surface area contributed by atoms with Crippen LogP contribution in [0, 0.1) is 0 Å². The van der Waals surface area contributed by atoms with Crippen LogP contribution < -0.4 is 10.0 Å². The molecule has 0 bridgehead atoms. The van der Waals surface area contributed by atoms with Crippen molar-refractivity contribution in [3.8, 4) is 0 Å². The summed E-state index contributed by atoms with van der Waals surface area (Å²) in [5.74, 6) is 0.150. The van der Waals surface area contributed by atoms with E-state index in [0.29, 0.717) is 13.0 Å². The number of hydrogen-bond acceptors (Lipinski definition) is 4. The van der Waals surface area contributed by atoms with Crippen LogP contribution in [0.4, 0.5) is 0 Å². The van der Waals surface area contributed by atoms with Crippen LogP contribution in [-0.2, 0) is 14.8 Å². The summed E-state index contributed by atoms with van der Waals surface area (Å²) in [6.07, 6.45) is 3.68. The summed E-state index contributed by atoms with van der Waals surface area (Å²) in [6, 6.07) is 0.0510. The molecule has 6 heteroatoms. The normalized spacial score (nSPS) is 22.9. The van der Waals surface area contributed by atoms with E-state index in [4.69, 9.17) is 4.74 Å². The van der Waals surface area contributed by atoms with Crippen molar-refractivity contribution >= 4 is 10.0 Å². The highest BCUT2D eigenvalue weighted by Crippen LogP contribution is 2.05. The Morgan fingerprint density at radius 2 is 2.25 bits per heavy atom. The zero-order valence-electron chi connectivity index (χ0n) is 9.87. The van der Waals surface area contributed by atoms with Crippen molar-refractivity contribution in [2.75, 3.05) is 32.6 Å². The molecule has 0 aromatic carbocycles. The molecule has 0 aromatic rings. The molecule has 1 aliphatic heterocycles. The van der Waals surface area contributed by atoms with Crippen LogP contribution in [0.5, 0.6) is 0 Å². The Balaban J connectivity index is 2.32. The molecule has 1 aliphatic rings. The zero-order chi connectivity index (χ0) is 11.9. The van der Waals surface area contributed by atoms with Gasteiger partial charge < -0.3 is 10.1 Å². The molecular weight excluding hydrogens is 228 g/mol. The predicted molar refractivity (Wildman–Crippen MR) is 63.9 cm³/mol. The van der Waals surface area contributed by atoms with Gasteiger partial charge in [-0.3, -0.25) is 0 Å². The van der Waals surface area contributed by atoms with Crippen LogP contribution in [0.15, 0.2) is 0 Å². The van der Waals surface area contributed by atoms with Crippen molar-refractivity contribution in [2.45, 2.75) is 31.7 Å². The molecule has 16 heavy (non-hydrogen) atoms. The molecule has 5 nitrogen and oxygen atoms in total. The highest BCUT2D eigenvalue weighted by molar-refractivity contribution is 7.89. The Hall–Kier alpha value is -0.170. The van der Waals surface area contributed by atoms with Gasteiger partial charge in [0.1, 0.15) is 0 Å². The van der Waals surface area contributed by atoms with Gasteiger partial charge >= 0.3 is 0 Å². The van der Waals surface area contributed by atoms with Crippen LogP contribution in [0.25, 0.3) is 0 Å². The summed E-state index contributed by atoms with van der Waals surface area (Å²) >= 11 is 0. The summed E-state index contributed by atoms with van der Waals surface area (Å²) in [7, 11) is -1.56. The van der Waals surface area contributed by atoms with E-state index in [2.05, 4.69) is 10.0 Å². The van der Waals surface area contributed by atoms with Gasteiger partial charge in [0.2, 0.25) is 10.0 Å². The van der Waals surface area contributed by atoms with Gasteiger partial charge in [0, 0.05) is 26.3 Å². The van der Waals surface area contributed by atoms with Gasteiger partial charge in [-0.2, -0.15) is 0 Å². The number of sulfonamides is 1. The topological polar surface area (TPSA) is 67.4 Å². The summed E-state index contributed by atoms with van der Waals surface area (Å²) in [6.45, 7) is 2.22. The first-order chi connectivity index (χ1) is 7.64. The van der Waals surface area contributed by atoms with Gasteiger partial charge in [-0.05, 0) is 25.8 Å². The van der Waals surface area contributed by atoms with E-state index < -0.39 is 10.0 Å². The van der Waals surface area contributed by atoms with Crippen molar-refractivity contribution in [2.24, 2.45) is 0 Å². The van der Waals surface area contributed by atoms with Crippen LogP contribution >= 0.6 is 0 Å². The third-order valence-electron chi connectivity index (χ3n) is 2.65. The van der Waals surface area contributed by atoms with E-state index in [0.717, 1.165) is 32.4 Å². The lowest BCUT2D eigenvalue weighted by Gasteiger charge is -2.16. The minimum atomic E-state index is -3.14. The maximum Gasteiger partial charge on any atom is 0.211 e. The molecule has 0 spiro atoms. The molecule has 0 aliphatic carbocycles. The van der Waals surface area contributed by atoms with Crippen LogP contribution in [0.3, 0.4) is 0 Å². The van der Waals surface area contributed by atoms with Gasteiger partial charge in [-0.25, -0.2) is 13.1 Å². The molecule has 1 unspecified atom stereocenters. The smallest absolute Gasteiger partial charge is 0.211 e. The second-order valence-electron chi connectivity index (χ2n) is 4.18. The highest BCUT2D eigenvalue weighted by atomic mass is 32.2.